The molecule has 0 spiro atoms. The number of carbonyl (C=O) groups is 1. The van der Waals surface area contributed by atoms with Crippen LogP contribution in [0, 0.1) is 0 Å². The van der Waals surface area contributed by atoms with Crippen molar-refractivity contribution in [3.63, 3.8) is 0 Å². The molecule has 2 aromatic rings. The van der Waals surface area contributed by atoms with Crippen molar-refractivity contribution >= 4 is 11.7 Å². The number of anilines is 1. The molecule has 1 saturated carbocycles. The summed E-state index contributed by atoms with van der Waals surface area (Å²) in [7, 11) is 0. The molecule has 0 bridgehead atoms. The Balaban J connectivity index is 1.41. The number of hydrogen-bond acceptors (Lipinski definition) is 4. The van der Waals surface area contributed by atoms with Crippen LogP contribution in [0.15, 0.2) is 36.7 Å². The molecule has 0 radical (unpaired) electrons. The SMILES string of the molecule is C[C@@H](CC(=O)N1CCc2ncnc(NC3CC3)c2CC1)c1ccccc1. The van der Waals surface area contributed by atoms with Crippen molar-refractivity contribution in [1.29, 1.82) is 0 Å². The third-order valence-corrected chi connectivity index (χ3v) is 5.41. The molecule has 1 fully saturated rings. The first kappa shape index (κ1) is 17.0. The van der Waals surface area contributed by atoms with Crippen LogP contribution >= 0.6 is 0 Å². The molecule has 5 nitrogen and oxygen atoms in total. The molecule has 1 aliphatic heterocycles. The number of aromatic nitrogens is 2. The van der Waals surface area contributed by atoms with Crippen LogP contribution in [0.5, 0.6) is 0 Å². The van der Waals surface area contributed by atoms with E-state index in [2.05, 4.69) is 34.3 Å². The van der Waals surface area contributed by atoms with Gasteiger partial charge in [0.25, 0.3) is 0 Å². The van der Waals surface area contributed by atoms with Gasteiger partial charge in [0.15, 0.2) is 0 Å². The van der Waals surface area contributed by atoms with E-state index in [1.807, 2.05) is 23.1 Å². The molecule has 0 saturated heterocycles. The Bertz CT molecular complexity index is 773. The molecule has 1 aromatic carbocycles. The summed E-state index contributed by atoms with van der Waals surface area (Å²) < 4.78 is 0. The molecule has 1 aromatic heterocycles. The van der Waals surface area contributed by atoms with E-state index >= 15 is 0 Å². The zero-order valence-corrected chi connectivity index (χ0v) is 15.3. The summed E-state index contributed by atoms with van der Waals surface area (Å²) >= 11 is 0. The van der Waals surface area contributed by atoms with Gasteiger partial charge in [-0.2, -0.15) is 0 Å². The maximum absolute atomic E-state index is 12.8. The molecule has 136 valence electrons. The van der Waals surface area contributed by atoms with Crippen LogP contribution in [0.1, 0.15) is 48.9 Å². The third kappa shape index (κ3) is 3.87. The molecular weight excluding hydrogens is 324 g/mol. The largest absolute Gasteiger partial charge is 0.367 e. The van der Waals surface area contributed by atoms with Gasteiger partial charge in [-0.3, -0.25) is 4.79 Å². The molecule has 5 heteroatoms. The van der Waals surface area contributed by atoms with Crippen molar-refractivity contribution in [1.82, 2.24) is 14.9 Å². The third-order valence-electron chi connectivity index (χ3n) is 5.41. The van der Waals surface area contributed by atoms with Crippen molar-refractivity contribution in [2.24, 2.45) is 0 Å². The van der Waals surface area contributed by atoms with Gasteiger partial charge in [0.05, 0.1) is 5.69 Å². The van der Waals surface area contributed by atoms with E-state index in [1.165, 1.54) is 24.0 Å². The van der Waals surface area contributed by atoms with E-state index in [1.54, 1.807) is 6.33 Å². The molecular formula is C21H26N4O. The molecule has 1 atom stereocenters. The lowest BCUT2D eigenvalue weighted by Gasteiger charge is -2.22. The average Bonchev–Trinajstić information content (AvgIpc) is 3.49. The van der Waals surface area contributed by atoms with Crippen LogP contribution in [0.25, 0.3) is 0 Å². The van der Waals surface area contributed by atoms with Crippen molar-refractivity contribution in [3.05, 3.63) is 53.5 Å². The number of nitrogens with one attached hydrogen (secondary N) is 1. The zero-order valence-electron chi connectivity index (χ0n) is 15.3. The van der Waals surface area contributed by atoms with E-state index in [4.69, 9.17) is 0 Å². The molecule has 1 amide bonds. The highest BCUT2D eigenvalue weighted by atomic mass is 16.2. The molecule has 26 heavy (non-hydrogen) atoms. The van der Waals surface area contributed by atoms with Gasteiger partial charge in [0.2, 0.25) is 5.91 Å². The predicted molar refractivity (Wildman–Crippen MR) is 102 cm³/mol. The van der Waals surface area contributed by atoms with E-state index in [9.17, 15) is 4.79 Å². The second-order valence-electron chi connectivity index (χ2n) is 7.46. The lowest BCUT2D eigenvalue weighted by molar-refractivity contribution is -0.131. The Labute approximate surface area is 154 Å². The van der Waals surface area contributed by atoms with Gasteiger partial charge in [-0.25, -0.2) is 9.97 Å². The summed E-state index contributed by atoms with van der Waals surface area (Å²) in [5, 5.41) is 3.51. The van der Waals surface area contributed by atoms with Crippen LogP contribution in [-0.4, -0.2) is 39.9 Å². The van der Waals surface area contributed by atoms with Crippen LogP contribution in [0.4, 0.5) is 5.82 Å². The highest BCUT2D eigenvalue weighted by Gasteiger charge is 2.26. The van der Waals surface area contributed by atoms with Crippen LogP contribution < -0.4 is 5.32 Å². The monoisotopic (exact) mass is 350 g/mol. The summed E-state index contributed by atoms with van der Waals surface area (Å²) in [4.78, 5) is 23.8. The van der Waals surface area contributed by atoms with Gasteiger partial charge >= 0.3 is 0 Å². The lowest BCUT2D eigenvalue weighted by Crippen LogP contribution is -2.34. The lowest BCUT2D eigenvalue weighted by atomic mass is 9.97. The fourth-order valence-corrected chi connectivity index (χ4v) is 3.61. The number of nitrogens with zero attached hydrogens (tertiary/aromatic N) is 3. The first-order valence-electron chi connectivity index (χ1n) is 9.62. The van der Waals surface area contributed by atoms with E-state index in [0.717, 1.165) is 37.4 Å². The Morgan fingerprint density at radius 3 is 2.73 bits per heavy atom. The summed E-state index contributed by atoms with van der Waals surface area (Å²) in [6.07, 6.45) is 6.29. The fraction of sp³-hybridized carbons (Fsp3) is 0.476. The summed E-state index contributed by atoms with van der Waals surface area (Å²) in [6, 6.07) is 10.8. The van der Waals surface area contributed by atoms with Crippen molar-refractivity contribution in [2.75, 3.05) is 18.4 Å². The summed E-state index contributed by atoms with van der Waals surface area (Å²) in [5.41, 5.74) is 3.51. The number of hydrogen-bond donors (Lipinski definition) is 1. The summed E-state index contributed by atoms with van der Waals surface area (Å²) in [6.45, 7) is 3.62. The average molecular weight is 350 g/mol. The zero-order chi connectivity index (χ0) is 17.9. The highest BCUT2D eigenvalue weighted by molar-refractivity contribution is 5.77. The number of benzene rings is 1. The quantitative estimate of drug-likeness (QED) is 0.900. The maximum Gasteiger partial charge on any atom is 0.223 e. The summed E-state index contributed by atoms with van der Waals surface area (Å²) in [5.74, 6) is 1.45. The normalized spacial score (nSPS) is 18.0. The minimum absolute atomic E-state index is 0.235. The second-order valence-corrected chi connectivity index (χ2v) is 7.46. The smallest absolute Gasteiger partial charge is 0.223 e. The number of amides is 1. The minimum Gasteiger partial charge on any atom is -0.367 e. The Morgan fingerprint density at radius 2 is 1.96 bits per heavy atom. The molecule has 4 rings (SSSR count). The van der Waals surface area contributed by atoms with Crippen LogP contribution in [0.3, 0.4) is 0 Å². The molecule has 2 aliphatic rings. The first-order chi connectivity index (χ1) is 12.7. The Kier molecular flexibility index (Phi) is 4.87. The van der Waals surface area contributed by atoms with Crippen molar-refractivity contribution in [3.8, 4) is 0 Å². The van der Waals surface area contributed by atoms with Crippen LogP contribution in [-0.2, 0) is 17.6 Å². The highest BCUT2D eigenvalue weighted by Crippen LogP contribution is 2.28. The number of rotatable bonds is 5. The fourth-order valence-electron chi connectivity index (χ4n) is 3.61. The second kappa shape index (κ2) is 7.44. The molecule has 2 heterocycles. The van der Waals surface area contributed by atoms with E-state index < -0.39 is 0 Å². The van der Waals surface area contributed by atoms with Gasteiger partial charge < -0.3 is 10.2 Å². The topological polar surface area (TPSA) is 58.1 Å². The van der Waals surface area contributed by atoms with Gasteiger partial charge in [0, 0.05) is 37.5 Å². The first-order valence-corrected chi connectivity index (χ1v) is 9.62. The van der Waals surface area contributed by atoms with Gasteiger partial charge in [-0.1, -0.05) is 37.3 Å². The van der Waals surface area contributed by atoms with E-state index in [-0.39, 0.29) is 11.8 Å². The predicted octanol–water partition coefficient (Wildman–Crippen LogP) is 3.17. The van der Waals surface area contributed by atoms with Gasteiger partial charge in [-0.05, 0) is 30.7 Å². The Morgan fingerprint density at radius 1 is 1.19 bits per heavy atom. The standard InChI is InChI=1S/C21H26N4O/c1-15(16-5-3-2-4-6-16)13-20(26)25-11-9-18-19(10-12-25)22-14-23-21(18)24-17-7-8-17/h2-6,14-15,17H,7-13H2,1H3,(H,22,23,24)/t15-/m0/s1. The van der Waals surface area contributed by atoms with Crippen molar-refractivity contribution in [2.45, 2.75) is 51.0 Å². The maximum atomic E-state index is 12.8. The van der Waals surface area contributed by atoms with Crippen LogP contribution in [0.2, 0.25) is 0 Å². The minimum atomic E-state index is 0.235. The van der Waals surface area contributed by atoms with E-state index in [0.29, 0.717) is 12.5 Å². The molecule has 1 aliphatic carbocycles. The Hall–Kier alpha value is -2.43. The van der Waals surface area contributed by atoms with Crippen molar-refractivity contribution < 1.29 is 4.79 Å². The molecule has 0 unspecified atom stereocenters. The van der Waals surface area contributed by atoms with Gasteiger partial charge in [0.1, 0.15) is 12.1 Å². The number of carbonyl (C=O) groups excluding carboxylic acids is 1. The van der Waals surface area contributed by atoms with Gasteiger partial charge in [-0.15, -0.1) is 0 Å². The molecule has 1 N–H and O–H groups in total. The number of fused-ring (bicyclic) bond motifs is 1.